The molecule has 0 spiro atoms. The molecule has 0 heterocycles. The quantitative estimate of drug-likeness (QED) is 0.788. The van der Waals surface area contributed by atoms with Crippen molar-refractivity contribution >= 4 is 16.0 Å². The van der Waals surface area contributed by atoms with Gasteiger partial charge < -0.3 is 0 Å². The maximum absolute atomic E-state index is 11.0. The Morgan fingerprint density at radius 2 is 2.08 bits per heavy atom. The van der Waals surface area contributed by atoms with Gasteiger partial charge in [-0.15, -0.1) is 0 Å². The molecule has 3 aliphatic rings. The molecule has 4 atom stereocenters. The van der Waals surface area contributed by atoms with Gasteiger partial charge in [0.25, 0.3) is 0 Å². The zero-order chi connectivity index (χ0) is 16.9. The molecule has 132 valence electrons. The van der Waals surface area contributed by atoms with Gasteiger partial charge in [0.05, 0.1) is 5.69 Å². The summed E-state index contributed by atoms with van der Waals surface area (Å²) in [5.74, 6) is 2.32. The Hall–Kier alpha value is -1.07. The molecule has 2 saturated carbocycles. The van der Waals surface area contributed by atoms with Crippen LogP contribution in [-0.4, -0.2) is 13.0 Å². The lowest BCUT2D eigenvalue weighted by atomic mass is 9.54. The van der Waals surface area contributed by atoms with Crippen LogP contribution >= 0.6 is 0 Å². The van der Waals surface area contributed by atoms with Crippen LogP contribution in [0.2, 0.25) is 0 Å². The van der Waals surface area contributed by atoms with Crippen LogP contribution in [-0.2, 0) is 16.7 Å². The molecule has 0 bridgehead atoms. The second-order valence-corrected chi connectivity index (χ2v) is 9.21. The van der Waals surface area contributed by atoms with Gasteiger partial charge in [-0.1, -0.05) is 25.8 Å². The van der Waals surface area contributed by atoms with E-state index in [0.29, 0.717) is 17.0 Å². The number of aryl methyl sites for hydroxylation is 1. The molecule has 0 unspecified atom stereocenters. The van der Waals surface area contributed by atoms with Crippen LogP contribution in [0, 0.1) is 17.3 Å². The number of benzene rings is 1. The maximum Gasteiger partial charge on any atom is 0.357 e. The van der Waals surface area contributed by atoms with Gasteiger partial charge in [0.1, 0.15) is 0 Å². The molecule has 1 aromatic rings. The molecule has 0 radical (unpaired) electrons. The number of anilines is 1. The molecular weight excluding hydrogens is 322 g/mol. The molecule has 5 heteroatoms. The van der Waals surface area contributed by atoms with Crippen molar-refractivity contribution < 1.29 is 13.0 Å². The number of fused-ring (bicyclic) bond motifs is 5. The molecule has 4 nitrogen and oxygen atoms in total. The predicted octanol–water partition coefficient (Wildman–Crippen LogP) is 4.54. The van der Waals surface area contributed by atoms with Gasteiger partial charge in [-0.2, -0.15) is 8.42 Å². The van der Waals surface area contributed by atoms with Gasteiger partial charge in [0.2, 0.25) is 0 Å². The monoisotopic (exact) mass is 349 g/mol. The first kappa shape index (κ1) is 16.4. The highest BCUT2D eigenvalue weighted by Crippen LogP contribution is 2.62. The largest absolute Gasteiger partial charge is 0.357 e. The summed E-state index contributed by atoms with van der Waals surface area (Å²) in [5, 5.41) is 0. The van der Waals surface area contributed by atoms with E-state index in [1.807, 2.05) is 6.07 Å². The first-order chi connectivity index (χ1) is 11.4. The van der Waals surface area contributed by atoms with Crippen molar-refractivity contribution in [2.24, 2.45) is 17.3 Å². The lowest BCUT2D eigenvalue weighted by Crippen LogP contribution is -2.40. The molecule has 1 aromatic carbocycles. The molecule has 0 aliphatic heterocycles. The van der Waals surface area contributed by atoms with E-state index in [-0.39, 0.29) is 0 Å². The summed E-state index contributed by atoms with van der Waals surface area (Å²) in [4.78, 5) is 0. The summed E-state index contributed by atoms with van der Waals surface area (Å²) in [6, 6.07) is 5.80. The number of nitrogens with one attached hydrogen (secondary N) is 1. The average molecular weight is 349 g/mol. The van der Waals surface area contributed by atoms with Gasteiger partial charge in [-0.25, -0.2) is 0 Å². The summed E-state index contributed by atoms with van der Waals surface area (Å²) in [5.41, 5.74) is 3.75. The Kier molecular flexibility index (Phi) is 3.92. The highest BCUT2D eigenvalue weighted by Gasteiger charge is 2.51. The fourth-order valence-corrected chi connectivity index (χ4v) is 6.63. The van der Waals surface area contributed by atoms with Crippen LogP contribution in [0.4, 0.5) is 5.69 Å². The third-order valence-electron chi connectivity index (χ3n) is 7.20. The van der Waals surface area contributed by atoms with Crippen LogP contribution in [0.1, 0.15) is 68.9 Å². The van der Waals surface area contributed by atoms with Crippen molar-refractivity contribution in [1.29, 1.82) is 0 Å². The molecule has 0 aromatic heterocycles. The first-order valence-electron chi connectivity index (χ1n) is 9.30. The Bertz CT molecular complexity index is 745. The van der Waals surface area contributed by atoms with Crippen LogP contribution < -0.4 is 4.72 Å². The Morgan fingerprint density at radius 3 is 2.83 bits per heavy atom. The average Bonchev–Trinajstić information content (AvgIpc) is 2.97. The van der Waals surface area contributed by atoms with E-state index in [0.717, 1.165) is 18.3 Å². The normalized spacial score (nSPS) is 35.0. The van der Waals surface area contributed by atoms with E-state index in [2.05, 4.69) is 17.7 Å². The minimum absolute atomic E-state index is 0.467. The van der Waals surface area contributed by atoms with E-state index in [9.17, 15) is 8.42 Å². The van der Waals surface area contributed by atoms with E-state index in [1.165, 1.54) is 56.1 Å². The third kappa shape index (κ3) is 2.66. The molecule has 3 aliphatic carbocycles. The molecule has 0 saturated heterocycles. The highest BCUT2D eigenvalue weighted by molar-refractivity contribution is 7.87. The summed E-state index contributed by atoms with van der Waals surface area (Å²) < 4.78 is 33.2. The minimum Gasteiger partial charge on any atom is -0.269 e. The van der Waals surface area contributed by atoms with Gasteiger partial charge in [-0.3, -0.25) is 9.27 Å². The third-order valence-corrected chi connectivity index (χ3v) is 7.70. The molecule has 24 heavy (non-hydrogen) atoms. The SMILES string of the molecule is CC[C@@]12CCC[C@H]1[C@@H]1CCc3cc(NS(=O)(=O)O)ccc3[C@H]1CC2. The van der Waals surface area contributed by atoms with Crippen molar-refractivity contribution in [3.05, 3.63) is 29.3 Å². The lowest BCUT2D eigenvalue weighted by Gasteiger charge is -2.50. The van der Waals surface area contributed by atoms with Crippen LogP contribution in [0.5, 0.6) is 0 Å². The minimum atomic E-state index is -4.20. The van der Waals surface area contributed by atoms with Gasteiger partial charge >= 0.3 is 10.3 Å². The van der Waals surface area contributed by atoms with E-state index < -0.39 is 10.3 Å². The van der Waals surface area contributed by atoms with Crippen molar-refractivity contribution in [2.75, 3.05) is 4.72 Å². The summed E-state index contributed by atoms with van der Waals surface area (Å²) in [6.45, 7) is 2.38. The van der Waals surface area contributed by atoms with Crippen LogP contribution in [0.15, 0.2) is 18.2 Å². The number of hydrogen-bond acceptors (Lipinski definition) is 2. The second-order valence-electron chi connectivity index (χ2n) is 8.05. The van der Waals surface area contributed by atoms with E-state index >= 15 is 0 Å². The zero-order valence-electron chi connectivity index (χ0n) is 14.3. The second kappa shape index (κ2) is 5.73. The van der Waals surface area contributed by atoms with Gasteiger partial charge in [0, 0.05) is 0 Å². The summed E-state index contributed by atoms with van der Waals surface area (Å²) >= 11 is 0. The Balaban J connectivity index is 1.63. The van der Waals surface area contributed by atoms with Crippen LogP contribution in [0.25, 0.3) is 0 Å². The zero-order valence-corrected chi connectivity index (χ0v) is 15.1. The molecule has 0 amide bonds. The van der Waals surface area contributed by atoms with Crippen molar-refractivity contribution in [1.82, 2.24) is 0 Å². The highest BCUT2D eigenvalue weighted by atomic mass is 32.2. The Morgan fingerprint density at radius 1 is 1.25 bits per heavy atom. The fraction of sp³-hybridized carbons (Fsp3) is 0.684. The van der Waals surface area contributed by atoms with Crippen molar-refractivity contribution in [3.8, 4) is 0 Å². The van der Waals surface area contributed by atoms with E-state index in [4.69, 9.17) is 4.55 Å². The fourth-order valence-electron chi connectivity index (χ4n) is 6.20. The number of rotatable bonds is 3. The Labute approximate surface area is 144 Å². The molecular formula is C19H27NO3S. The summed E-state index contributed by atoms with van der Waals surface area (Å²) in [7, 11) is -4.20. The van der Waals surface area contributed by atoms with Crippen molar-refractivity contribution in [2.45, 2.75) is 64.2 Å². The van der Waals surface area contributed by atoms with Gasteiger partial charge in [-0.05, 0) is 85.0 Å². The maximum atomic E-state index is 11.0. The molecule has 2 N–H and O–H groups in total. The molecule has 4 rings (SSSR count). The van der Waals surface area contributed by atoms with Crippen molar-refractivity contribution in [3.63, 3.8) is 0 Å². The topological polar surface area (TPSA) is 66.4 Å². The van der Waals surface area contributed by atoms with Gasteiger partial charge in [0.15, 0.2) is 0 Å². The lowest BCUT2D eigenvalue weighted by molar-refractivity contribution is 0.0409. The number of hydrogen-bond donors (Lipinski definition) is 2. The predicted molar refractivity (Wildman–Crippen MR) is 95.5 cm³/mol. The van der Waals surface area contributed by atoms with E-state index in [1.54, 1.807) is 6.07 Å². The molecule has 2 fully saturated rings. The smallest absolute Gasteiger partial charge is 0.269 e. The summed E-state index contributed by atoms with van der Waals surface area (Å²) in [6.07, 6.45) is 10.4. The van der Waals surface area contributed by atoms with Crippen LogP contribution in [0.3, 0.4) is 0 Å². The standard InChI is InChI=1S/C19H27NO3S/c1-2-19-10-3-4-18(19)17-7-5-13-12-14(20-24(21,22)23)6-8-15(13)16(17)9-11-19/h6,8,12,16-18,20H,2-5,7,9-11H2,1H3,(H,21,22,23)/t16-,17-,18+,19+/m1/s1. The first-order valence-corrected chi connectivity index (χ1v) is 10.7.